The Morgan fingerprint density at radius 1 is 1.16 bits per heavy atom. The molecule has 2 heterocycles. The van der Waals surface area contributed by atoms with Crippen LogP contribution in [0.3, 0.4) is 0 Å². The first-order chi connectivity index (χ1) is 14.2. The number of alkyl halides is 6. The number of pyridine rings is 1. The fourth-order valence-corrected chi connectivity index (χ4v) is 3.41. The molecule has 170 valence electrons. The van der Waals surface area contributed by atoms with Crippen molar-refractivity contribution in [2.24, 2.45) is 5.41 Å². The maximum atomic E-state index is 13.4. The highest BCUT2D eigenvalue weighted by molar-refractivity contribution is 5.47. The molecular weight excluding hydrogens is 430 g/mol. The van der Waals surface area contributed by atoms with E-state index in [1.54, 1.807) is 13.8 Å². The maximum absolute atomic E-state index is 13.4. The van der Waals surface area contributed by atoms with Gasteiger partial charge in [0.25, 0.3) is 0 Å². The van der Waals surface area contributed by atoms with Gasteiger partial charge in [-0.2, -0.15) is 31.1 Å². The van der Waals surface area contributed by atoms with E-state index in [1.165, 1.54) is 0 Å². The Kier molecular flexibility index (Phi) is 5.80. The summed E-state index contributed by atoms with van der Waals surface area (Å²) >= 11 is 0. The van der Waals surface area contributed by atoms with E-state index < -0.39 is 46.9 Å². The molecule has 2 aromatic rings. The highest BCUT2D eigenvalue weighted by Crippen LogP contribution is 2.43. The highest BCUT2D eigenvalue weighted by atomic mass is 19.4. The molecule has 2 N–H and O–H groups in total. The third-order valence-corrected chi connectivity index (χ3v) is 5.61. The molecule has 0 aliphatic heterocycles. The summed E-state index contributed by atoms with van der Waals surface area (Å²) < 4.78 is 79.8. The molecule has 0 spiro atoms. The maximum Gasteiger partial charge on any atom is 0.421 e. The molecule has 2 aromatic heterocycles. The van der Waals surface area contributed by atoms with Gasteiger partial charge in [-0.25, -0.2) is 9.97 Å². The lowest BCUT2D eigenvalue weighted by Crippen LogP contribution is -2.57. The van der Waals surface area contributed by atoms with Crippen LogP contribution in [-0.4, -0.2) is 27.2 Å². The van der Waals surface area contributed by atoms with Crippen LogP contribution in [0.5, 0.6) is 0 Å². The number of nitrogens with zero attached hydrogens (tertiary/aromatic N) is 3. The second-order valence-corrected chi connectivity index (χ2v) is 8.06. The van der Waals surface area contributed by atoms with Crippen molar-refractivity contribution in [3.05, 3.63) is 52.4 Å². The van der Waals surface area contributed by atoms with Crippen LogP contribution < -0.4 is 10.0 Å². The van der Waals surface area contributed by atoms with Gasteiger partial charge in [0, 0.05) is 35.7 Å². The molecule has 6 nitrogen and oxygen atoms in total. The van der Waals surface area contributed by atoms with Crippen LogP contribution in [0.1, 0.15) is 42.8 Å². The molecule has 0 bridgehead atoms. The normalized spacial score (nSPS) is 20.9. The van der Waals surface area contributed by atoms with Gasteiger partial charge in [0.1, 0.15) is 17.2 Å². The summed E-state index contributed by atoms with van der Waals surface area (Å²) in [6.07, 6.45) is -8.33. The summed E-state index contributed by atoms with van der Waals surface area (Å²) in [5, 5.41) is 23.9. The summed E-state index contributed by atoms with van der Waals surface area (Å²) in [5.41, 5.74) is -3.11. The molecule has 0 radical (unpaired) electrons. The number of hydrogen-bond donors (Lipinski definition) is 2. The Balaban J connectivity index is 1.86. The first-order valence-corrected chi connectivity index (χ1v) is 9.36. The zero-order valence-corrected chi connectivity index (χ0v) is 16.6. The molecule has 1 fully saturated rings. The summed E-state index contributed by atoms with van der Waals surface area (Å²) in [6.45, 7) is 3.39. The fraction of sp³-hybridized carbons (Fsp3) is 0.526. The third kappa shape index (κ3) is 4.83. The lowest BCUT2D eigenvalue weighted by Gasteiger charge is -2.49. The van der Waals surface area contributed by atoms with E-state index in [-0.39, 0.29) is 35.4 Å². The van der Waals surface area contributed by atoms with Crippen LogP contribution in [0.2, 0.25) is 0 Å². The molecule has 2 atom stereocenters. The molecule has 1 saturated carbocycles. The van der Waals surface area contributed by atoms with E-state index in [2.05, 4.69) is 15.3 Å². The van der Waals surface area contributed by atoms with Crippen molar-refractivity contribution in [2.75, 3.05) is 5.32 Å². The van der Waals surface area contributed by atoms with Crippen LogP contribution in [-0.2, 0) is 25.2 Å². The van der Waals surface area contributed by atoms with E-state index in [9.17, 15) is 36.7 Å². The van der Waals surface area contributed by atoms with Crippen LogP contribution >= 0.6 is 0 Å². The number of nitrogens with one attached hydrogen (secondary N) is 1. The number of rotatable bonds is 5. The molecule has 1 aliphatic carbocycles. The van der Waals surface area contributed by atoms with Crippen molar-refractivity contribution < 1.29 is 36.2 Å². The van der Waals surface area contributed by atoms with Gasteiger partial charge in [-0.05, 0) is 12.8 Å². The van der Waals surface area contributed by atoms with E-state index in [1.807, 2.05) is 0 Å². The molecular formula is C19H20F6N4O2. The van der Waals surface area contributed by atoms with Crippen molar-refractivity contribution >= 4 is 5.82 Å². The van der Waals surface area contributed by atoms with Gasteiger partial charge in [0.15, 0.2) is 12.4 Å². The average Bonchev–Trinajstić information content (AvgIpc) is 2.64. The van der Waals surface area contributed by atoms with Crippen molar-refractivity contribution in [3.63, 3.8) is 0 Å². The standard InChI is InChI=1S/C19H20F6N4O2/c1-17(2)13(7-14(17)30)27-16-12(19(23,24)25)8-26-15(28-16)4-3-10-9-29(31)6-5-11(10)18(20,21)22/h5-6,8-9,13-14,30H,3-4,7H2,1-2H3,(H,26,27,28)/t13-,14-/m0/s1. The van der Waals surface area contributed by atoms with Gasteiger partial charge in [-0.15, -0.1) is 0 Å². The molecule has 3 rings (SSSR count). The predicted octanol–water partition coefficient (Wildman–Crippen LogP) is 3.50. The topological polar surface area (TPSA) is 85.0 Å². The van der Waals surface area contributed by atoms with Crippen LogP contribution in [0.25, 0.3) is 0 Å². The number of aliphatic hydroxyl groups is 1. The molecule has 12 heteroatoms. The zero-order chi connectivity index (χ0) is 23.2. The van der Waals surface area contributed by atoms with Gasteiger partial charge >= 0.3 is 12.4 Å². The van der Waals surface area contributed by atoms with Gasteiger partial charge in [0.2, 0.25) is 0 Å². The lowest BCUT2D eigenvalue weighted by molar-refractivity contribution is -0.606. The van der Waals surface area contributed by atoms with E-state index in [4.69, 9.17) is 0 Å². The number of hydrogen-bond acceptors (Lipinski definition) is 5. The molecule has 0 unspecified atom stereocenters. The molecule has 31 heavy (non-hydrogen) atoms. The summed E-state index contributed by atoms with van der Waals surface area (Å²) in [6, 6.07) is 0.170. The largest absolute Gasteiger partial charge is 0.619 e. The average molecular weight is 450 g/mol. The van der Waals surface area contributed by atoms with E-state index >= 15 is 0 Å². The van der Waals surface area contributed by atoms with Crippen molar-refractivity contribution in [1.82, 2.24) is 9.97 Å². The Labute approximate surface area is 173 Å². The number of anilines is 1. The number of halogens is 6. The Hall–Kier alpha value is -2.63. The van der Waals surface area contributed by atoms with Crippen molar-refractivity contribution in [3.8, 4) is 0 Å². The zero-order valence-electron chi connectivity index (χ0n) is 16.6. The van der Waals surface area contributed by atoms with Crippen molar-refractivity contribution in [1.29, 1.82) is 0 Å². The third-order valence-electron chi connectivity index (χ3n) is 5.61. The lowest BCUT2D eigenvalue weighted by atomic mass is 9.64. The Bertz CT molecular complexity index is 961. The first-order valence-electron chi connectivity index (χ1n) is 9.36. The van der Waals surface area contributed by atoms with Crippen LogP contribution in [0.15, 0.2) is 24.7 Å². The van der Waals surface area contributed by atoms with E-state index in [0.29, 0.717) is 12.3 Å². The number of aliphatic hydroxyl groups excluding tert-OH is 1. The van der Waals surface area contributed by atoms with Gasteiger partial charge in [-0.3, -0.25) is 0 Å². The minimum atomic E-state index is -4.75. The molecule has 1 aliphatic rings. The molecule has 0 amide bonds. The Morgan fingerprint density at radius 2 is 1.81 bits per heavy atom. The predicted molar refractivity (Wildman–Crippen MR) is 96.7 cm³/mol. The number of aryl methyl sites for hydroxylation is 2. The van der Waals surface area contributed by atoms with E-state index in [0.717, 1.165) is 12.4 Å². The first kappa shape index (κ1) is 23.0. The smallest absolute Gasteiger partial charge is 0.421 e. The van der Waals surface area contributed by atoms with Gasteiger partial charge in [0.05, 0.1) is 11.7 Å². The van der Waals surface area contributed by atoms with Gasteiger partial charge < -0.3 is 15.6 Å². The summed E-state index contributed by atoms with van der Waals surface area (Å²) in [7, 11) is 0. The second-order valence-electron chi connectivity index (χ2n) is 8.06. The van der Waals surface area contributed by atoms with Crippen molar-refractivity contribution in [2.45, 2.75) is 57.6 Å². The quantitative estimate of drug-likeness (QED) is 0.414. The molecule has 0 aromatic carbocycles. The SMILES string of the molecule is CC1(C)[C@@H](Nc2nc(CCc3c[n+]([O-])ccc3C(F)(F)F)ncc2C(F)(F)F)C[C@@H]1O. The minimum Gasteiger partial charge on any atom is -0.619 e. The highest BCUT2D eigenvalue weighted by Gasteiger charge is 2.48. The summed E-state index contributed by atoms with van der Waals surface area (Å²) in [5.74, 6) is -0.604. The van der Waals surface area contributed by atoms with Crippen LogP contribution in [0, 0.1) is 10.6 Å². The van der Waals surface area contributed by atoms with Crippen LogP contribution in [0.4, 0.5) is 32.2 Å². The number of aromatic nitrogens is 3. The Morgan fingerprint density at radius 3 is 2.35 bits per heavy atom. The monoisotopic (exact) mass is 450 g/mol. The molecule has 0 saturated heterocycles. The van der Waals surface area contributed by atoms with Gasteiger partial charge in [-0.1, -0.05) is 13.8 Å². The second kappa shape index (κ2) is 7.81. The summed E-state index contributed by atoms with van der Waals surface area (Å²) in [4.78, 5) is 7.54. The fourth-order valence-electron chi connectivity index (χ4n) is 3.41. The minimum absolute atomic E-state index is 0.109.